The summed E-state index contributed by atoms with van der Waals surface area (Å²) in [5, 5.41) is 0.451. The molecule has 4 heteroatoms. The predicted molar refractivity (Wildman–Crippen MR) is 71.4 cm³/mol. The Labute approximate surface area is 114 Å². The van der Waals surface area contributed by atoms with Gasteiger partial charge in [0.1, 0.15) is 5.82 Å². The maximum absolute atomic E-state index is 13.4. The summed E-state index contributed by atoms with van der Waals surface area (Å²) in [7, 11) is 0. The molecule has 0 spiro atoms. The highest BCUT2D eigenvalue weighted by Gasteiger charge is 2.38. The smallest absolute Gasteiger partial charge is 0.127 e. The maximum Gasteiger partial charge on any atom is 0.127 e. The van der Waals surface area contributed by atoms with Crippen LogP contribution in [0.25, 0.3) is 0 Å². The summed E-state index contributed by atoms with van der Waals surface area (Å²) < 4.78 is 19.1. The molecule has 2 rings (SSSR count). The van der Waals surface area contributed by atoms with Gasteiger partial charge in [-0.25, -0.2) is 4.39 Å². The topological polar surface area (TPSA) is 9.23 Å². The first-order valence-electron chi connectivity index (χ1n) is 5.67. The maximum atomic E-state index is 13.4. The van der Waals surface area contributed by atoms with Crippen molar-refractivity contribution in [1.82, 2.24) is 0 Å². The number of benzene rings is 1. The molecule has 0 aromatic heterocycles. The van der Waals surface area contributed by atoms with E-state index >= 15 is 0 Å². The number of hydrogen-bond acceptors (Lipinski definition) is 1. The van der Waals surface area contributed by atoms with Crippen LogP contribution in [0.3, 0.4) is 0 Å². The van der Waals surface area contributed by atoms with Crippen LogP contribution >= 0.6 is 27.5 Å². The first-order chi connectivity index (χ1) is 7.94. The Bertz CT molecular complexity index is 430. The molecule has 2 atom stereocenters. The van der Waals surface area contributed by atoms with Crippen LogP contribution in [0.2, 0.25) is 5.02 Å². The van der Waals surface area contributed by atoms with E-state index in [-0.39, 0.29) is 16.2 Å². The highest BCUT2D eigenvalue weighted by molar-refractivity contribution is 9.09. The second-order valence-electron chi connectivity index (χ2n) is 4.75. The van der Waals surface area contributed by atoms with Crippen molar-refractivity contribution >= 4 is 27.5 Å². The summed E-state index contributed by atoms with van der Waals surface area (Å²) in [4.78, 5) is -0.00991. The summed E-state index contributed by atoms with van der Waals surface area (Å²) in [6.07, 6.45) is 2.03. The van der Waals surface area contributed by atoms with E-state index in [0.29, 0.717) is 10.6 Å². The highest BCUT2D eigenvalue weighted by atomic mass is 79.9. The van der Waals surface area contributed by atoms with Crippen molar-refractivity contribution in [2.45, 2.75) is 37.1 Å². The minimum Gasteiger partial charge on any atom is -0.374 e. The Kier molecular flexibility index (Phi) is 3.81. The lowest BCUT2D eigenvalue weighted by Crippen LogP contribution is -2.28. The number of aryl methyl sites for hydroxylation is 1. The van der Waals surface area contributed by atoms with Gasteiger partial charge in [0.25, 0.3) is 0 Å². The van der Waals surface area contributed by atoms with Gasteiger partial charge in [-0.3, -0.25) is 0 Å². The SMILES string of the molecule is Cc1cc(C(Br)C2(C)CCCO2)c(Cl)cc1F. The molecule has 1 saturated heterocycles. The Morgan fingerprint density at radius 1 is 1.53 bits per heavy atom. The van der Waals surface area contributed by atoms with E-state index in [4.69, 9.17) is 16.3 Å². The summed E-state index contributed by atoms with van der Waals surface area (Å²) >= 11 is 9.76. The van der Waals surface area contributed by atoms with Gasteiger partial charge < -0.3 is 4.74 Å². The average Bonchev–Trinajstić information content (AvgIpc) is 2.71. The Balaban J connectivity index is 2.36. The van der Waals surface area contributed by atoms with Gasteiger partial charge >= 0.3 is 0 Å². The minimum atomic E-state index is -0.268. The van der Waals surface area contributed by atoms with Gasteiger partial charge in [-0.15, -0.1) is 0 Å². The van der Waals surface area contributed by atoms with Crippen LogP contribution in [0.1, 0.15) is 35.7 Å². The molecule has 0 amide bonds. The predicted octanol–water partition coefficient (Wildman–Crippen LogP) is 4.79. The van der Waals surface area contributed by atoms with Crippen molar-refractivity contribution in [2.75, 3.05) is 6.61 Å². The molecule has 1 aliphatic heterocycles. The third kappa shape index (κ3) is 2.51. The Morgan fingerprint density at radius 2 is 2.24 bits per heavy atom. The van der Waals surface area contributed by atoms with Crippen molar-refractivity contribution in [1.29, 1.82) is 0 Å². The summed E-state index contributed by atoms with van der Waals surface area (Å²) in [6, 6.07) is 3.17. The van der Waals surface area contributed by atoms with Crippen molar-refractivity contribution in [2.24, 2.45) is 0 Å². The second-order valence-corrected chi connectivity index (χ2v) is 6.07. The lowest BCUT2D eigenvalue weighted by Gasteiger charge is -2.30. The lowest BCUT2D eigenvalue weighted by atomic mass is 9.92. The molecule has 17 heavy (non-hydrogen) atoms. The second kappa shape index (κ2) is 4.87. The van der Waals surface area contributed by atoms with Crippen molar-refractivity contribution < 1.29 is 9.13 Å². The van der Waals surface area contributed by atoms with E-state index in [1.54, 1.807) is 13.0 Å². The molecule has 0 bridgehead atoms. The molecule has 1 fully saturated rings. The Hall–Kier alpha value is -0.120. The molecular formula is C13H15BrClFO. The molecule has 2 unspecified atom stereocenters. The fraction of sp³-hybridized carbons (Fsp3) is 0.538. The molecule has 0 aliphatic carbocycles. The quantitative estimate of drug-likeness (QED) is 0.711. The molecular weight excluding hydrogens is 306 g/mol. The van der Waals surface area contributed by atoms with Crippen LogP contribution in [0.15, 0.2) is 12.1 Å². The molecule has 1 aromatic carbocycles. The zero-order valence-electron chi connectivity index (χ0n) is 9.90. The third-order valence-corrected chi connectivity index (χ3v) is 5.13. The van der Waals surface area contributed by atoms with Gasteiger partial charge in [-0.1, -0.05) is 33.6 Å². The van der Waals surface area contributed by atoms with Crippen LogP contribution in [-0.2, 0) is 4.74 Å². The van der Waals surface area contributed by atoms with Gasteiger partial charge in [0.15, 0.2) is 0 Å². The fourth-order valence-electron chi connectivity index (χ4n) is 2.20. The van der Waals surface area contributed by atoms with Gasteiger partial charge in [-0.05, 0) is 43.9 Å². The number of ether oxygens (including phenoxy) is 1. The standard InChI is InChI=1S/C13H15BrClFO/c1-8-6-9(10(15)7-11(8)16)12(14)13(2)4-3-5-17-13/h6-7,12H,3-5H2,1-2H3. The van der Waals surface area contributed by atoms with Gasteiger partial charge in [-0.2, -0.15) is 0 Å². The first kappa shape index (κ1) is 13.3. The van der Waals surface area contributed by atoms with Crippen LogP contribution in [0.4, 0.5) is 4.39 Å². The summed E-state index contributed by atoms with van der Waals surface area (Å²) in [5.74, 6) is -0.268. The van der Waals surface area contributed by atoms with Gasteiger partial charge in [0.05, 0.1) is 10.4 Å². The number of halogens is 3. The summed E-state index contributed by atoms with van der Waals surface area (Å²) in [5.41, 5.74) is 1.25. The normalized spacial score (nSPS) is 26.2. The van der Waals surface area contributed by atoms with Crippen LogP contribution in [0, 0.1) is 12.7 Å². The average molecular weight is 322 g/mol. The number of rotatable bonds is 2. The third-order valence-electron chi connectivity index (χ3n) is 3.34. The van der Waals surface area contributed by atoms with Crippen LogP contribution in [0.5, 0.6) is 0 Å². The molecule has 0 N–H and O–H groups in total. The largest absolute Gasteiger partial charge is 0.374 e. The Morgan fingerprint density at radius 3 is 2.82 bits per heavy atom. The zero-order valence-corrected chi connectivity index (χ0v) is 12.2. The van der Waals surface area contributed by atoms with Crippen LogP contribution < -0.4 is 0 Å². The lowest BCUT2D eigenvalue weighted by molar-refractivity contribution is 0.0197. The van der Waals surface area contributed by atoms with E-state index in [9.17, 15) is 4.39 Å². The first-order valence-corrected chi connectivity index (χ1v) is 6.97. The molecule has 94 valence electrons. The molecule has 1 aliphatic rings. The highest BCUT2D eigenvalue weighted by Crippen LogP contribution is 2.45. The molecule has 1 aromatic rings. The monoisotopic (exact) mass is 320 g/mol. The van der Waals surface area contributed by atoms with E-state index in [1.165, 1.54) is 6.07 Å². The molecule has 1 heterocycles. The number of alkyl halides is 1. The van der Waals surface area contributed by atoms with Gasteiger partial charge in [0, 0.05) is 11.6 Å². The van der Waals surface area contributed by atoms with Crippen molar-refractivity contribution in [3.8, 4) is 0 Å². The fourth-order valence-corrected chi connectivity index (χ4v) is 3.33. The summed E-state index contributed by atoms with van der Waals surface area (Å²) in [6.45, 7) is 4.58. The molecule has 1 nitrogen and oxygen atoms in total. The van der Waals surface area contributed by atoms with E-state index in [0.717, 1.165) is 25.0 Å². The van der Waals surface area contributed by atoms with E-state index in [2.05, 4.69) is 22.9 Å². The van der Waals surface area contributed by atoms with Crippen molar-refractivity contribution in [3.05, 3.63) is 34.1 Å². The van der Waals surface area contributed by atoms with Gasteiger partial charge in [0.2, 0.25) is 0 Å². The van der Waals surface area contributed by atoms with E-state index < -0.39 is 0 Å². The minimum absolute atomic E-state index is 0.00991. The zero-order chi connectivity index (χ0) is 12.6. The van der Waals surface area contributed by atoms with E-state index in [1.807, 2.05) is 0 Å². The van der Waals surface area contributed by atoms with Crippen LogP contribution in [-0.4, -0.2) is 12.2 Å². The number of hydrogen-bond donors (Lipinski definition) is 0. The molecule has 0 radical (unpaired) electrons. The molecule has 0 saturated carbocycles. The van der Waals surface area contributed by atoms with Crippen molar-refractivity contribution in [3.63, 3.8) is 0 Å².